The van der Waals surface area contributed by atoms with Crippen molar-refractivity contribution >= 4 is 23.6 Å². The molecular formula is C15H16N3O2SY-. The number of nitrogens with one attached hydrogen (secondary N) is 1. The van der Waals surface area contributed by atoms with Crippen LogP contribution in [0.3, 0.4) is 0 Å². The molecule has 113 valence electrons. The van der Waals surface area contributed by atoms with E-state index in [9.17, 15) is 9.59 Å². The number of carbonyl (C=O) groups excluding carboxylic acids is 2. The number of carbonyl (C=O) groups is 2. The summed E-state index contributed by atoms with van der Waals surface area (Å²) in [5, 5.41) is 2.73. The van der Waals surface area contributed by atoms with E-state index < -0.39 is 12.1 Å². The quantitative estimate of drug-likeness (QED) is 0.590. The monoisotopic (exact) mass is 391 g/mol. The fraction of sp³-hybridized carbons (Fsp3) is 0.333. The zero-order valence-corrected chi connectivity index (χ0v) is 15.8. The van der Waals surface area contributed by atoms with Gasteiger partial charge >= 0.3 is 0 Å². The molecule has 0 spiro atoms. The van der Waals surface area contributed by atoms with Crippen LogP contribution in [-0.4, -0.2) is 33.9 Å². The number of hydrogen-bond donors (Lipinski definition) is 2. The van der Waals surface area contributed by atoms with E-state index in [1.165, 1.54) is 0 Å². The number of thioether (sulfide) groups is 1. The van der Waals surface area contributed by atoms with Crippen molar-refractivity contribution in [3.8, 4) is 0 Å². The molecule has 0 bridgehead atoms. The molecular weight excluding hydrogens is 375 g/mol. The maximum Gasteiger partial charge on any atom is 0.250 e. The number of rotatable bonds is 3. The van der Waals surface area contributed by atoms with E-state index in [-0.39, 0.29) is 49.9 Å². The molecule has 2 aliphatic heterocycles. The number of benzene rings is 1. The van der Waals surface area contributed by atoms with Crippen LogP contribution in [0.15, 0.2) is 36.0 Å². The molecule has 1 saturated heterocycles. The summed E-state index contributed by atoms with van der Waals surface area (Å²) in [5.74, 6) is 0.319. The predicted octanol–water partition coefficient (Wildman–Crippen LogP) is 0.791. The minimum atomic E-state index is -0.759. The van der Waals surface area contributed by atoms with E-state index >= 15 is 0 Å². The zero-order chi connectivity index (χ0) is 15.0. The van der Waals surface area contributed by atoms with Gasteiger partial charge in [0.2, 0.25) is 5.91 Å². The number of β-lactam (4-membered cyclic amide) rings is 1. The van der Waals surface area contributed by atoms with Crippen molar-refractivity contribution in [2.45, 2.75) is 24.4 Å². The Hall–Kier alpha value is -0.686. The van der Waals surface area contributed by atoms with Gasteiger partial charge in [0.15, 0.2) is 0 Å². The van der Waals surface area contributed by atoms with Crippen LogP contribution >= 0.6 is 11.8 Å². The van der Waals surface area contributed by atoms with Gasteiger partial charge in [-0.2, -0.15) is 17.5 Å². The summed E-state index contributed by atoms with van der Waals surface area (Å²) < 4.78 is 0. The summed E-state index contributed by atoms with van der Waals surface area (Å²) >= 11 is 1.60. The van der Waals surface area contributed by atoms with E-state index in [0.717, 1.165) is 17.0 Å². The van der Waals surface area contributed by atoms with Crippen molar-refractivity contribution in [3.05, 3.63) is 47.7 Å². The van der Waals surface area contributed by atoms with Gasteiger partial charge in [-0.05, 0) is 5.56 Å². The summed E-state index contributed by atoms with van der Waals surface area (Å²) in [6, 6.07) is 7.89. The molecule has 7 heteroatoms. The molecule has 1 aromatic carbocycles. The largest absolute Gasteiger partial charge is 0.466 e. The van der Waals surface area contributed by atoms with Gasteiger partial charge < -0.3 is 22.0 Å². The second-order valence-electron chi connectivity index (χ2n) is 5.05. The number of hydrogen-bond acceptors (Lipinski definition) is 4. The third-order valence-corrected chi connectivity index (χ3v) is 4.86. The molecule has 0 aromatic heterocycles. The molecule has 1 fully saturated rings. The molecule has 5 nitrogen and oxygen atoms in total. The fourth-order valence-electron chi connectivity index (χ4n) is 2.50. The van der Waals surface area contributed by atoms with Crippen molar-refractivity contribution in [1.82, 2.24) is 10.2 Å². The van der Waals surface area contributed by atoms with Gasteiger partial charge in [0.25, 0.3) is 5.91 Å². The Kier molecular flexibility index (Phi) is 5.83. The van der Waals surface area contributed by atoms with Crippen LogP contribution in [0.4, 0.5) is 0 Å². The third-order valence-electron chi connectivity index (χ3n) is 3.73. The van der Waals surface area contributed by atoms with Crippen LogP contribution in [0.5, 0.6) is 0 Å². The molecule has 3 N–H and O–H groups in total. The summed E-state index contributed by atoms with van der Waals surface area (Å²) in [7, 11) is 0. The van der Waals surface area contributed by atoms with E-state index in [2.05, 4.69) is 11.4 Å². The van der Waals surface area contributed by atoms with E-state index in [1.54, 1.807) is 28.8 Å². The summed E-state index contributed by atoms with van der Waals surface area (Å²) in [4.78, 5) is 26.0. The normalized spacial score (nSPS) is 24.4. The topological polar surface area (TPSA) is 75.4 Å². The Balaban J connectivity index is 0.00000176. The Morgan fingerprint density at radius 1 is 1.45 bits per heavy atom. The van der Waals surface area contributed by atoms with Crippen molar-refractivity contribution < 1.29 is 42.3 Å². The van der Waals surface area contributed by atoms with Crippen molar-refractivity contribution in [1.29, 1.82) is 0 Å². The molecule has 22 heavy (non-hydrogen) atoms. The average molecular weight is 391 g/mol. The SMILES string of the molecule is CC1=[C-]CSC2C(NC(=O)C(N)c3ccccc3)C(=O)N12.[Y]. The molecule has 2 aliphatic rings. The maximum absolute atomic E-state index is 12.2. The number of amides is 2. The van der Waals surface area contributed by atoms with Crippen molar-refractivity contribution in [2.75, 3.05) is 5.75 Å². The predicted molar refractivity (Wildman–Crippen MR) is 80.8 cm³/mol. The minimum absolute atomic E-state index is 0. The number of allylic oxidation sites excluding steroid dienone is 1. The summed E-state index contributed by atoms with van der Waals surface area (Å²) in [6.07, 6.45) is 3.11. The second-order valence-corrected chi connectivity index (χ2v) is 6.15. The third kappa shape index (κ3) is 3.15. The Bertz CT molecular complexity index is 608. The Morgan fingerprint density at radius 2 is 2.14 bits per heavy atom. The number of fused-ring (bicyclic) bond motifs is 1. The molecule has 0 saturated carbocycles. The molecule has 2 heterocycles. The van der Waals surface area contributed by atoms with Gasteiger partial charge in [-0.15, -0.1) is 5.75 Å². The standard InChI is InChI=1S/C15H16N3O2S.Y/c1-9-7-8-21-15-12(14(20)18(9)15)17-13(19)11(16)10-5-3-2-4-6-10;/h2-6,11-12,15H,8,16H2,1H3,(H,17,19);/q-1;. The van der Waals surface area contributed by atoms with Crippen molar-refractivity contribution in [3.63, 3.8) is 0 Å². The Morgan fingerprint density at radius 3 is 2.82 bits per heavy atom. The maximum atomic E-state index is 12.2. The van der Waals surface area contributed by atoms with Crippen LogP contribution in [0, 0.1) is 6.08 Å². The van der Waals surface area contributed by atoms with Gasteiger partial charge in [-0.25, -0.2) is 0 Å². The molecule has 0 aliphatic carbocycles. The van der Waals surface area contributed by atoms with Crippen LogP contribution < -0.4 is 11.1 Å². The van der Waals surface area contributed by atoms with E-state index in [4.69, 9.17) is 5.73 Å². The fourth-order valence-corrected chi connectivity index (χ4v) is 3.75. The molecule has 2 amide bonds. The first-order valence-corrected chi connectivity index (χ1v) is 7.77. The van der Waals surface area contributed by atoms with Gasteiger partial charge in [0.05, 0.1) is 0 Å². The van der Waals surface area contributed by atoms with Crippen molar-refractivity contribution in [2.24, 2.45) is 5.73 Å². The van der Waals surface area contributed by atoms with Crippen LogP contribution in [0.25, 0.3) is 0 Å². The molecule has 3 rings (SSSR count). The number of nitrogens with two attached hydrogens (primary N) is 1. The van der Waals surface area contributed by atoms with E-state index in [1.807, 2.05) is 25.1 Å². The smallest absolute Gasteiger partial charge is 0.250 e. The summed E-state index contributed by atoms with van der Waals surface area (Å²) in [5.41, 5.74) is 7.52. The zero-order valence-electron chi connectivity index (χ0n) is 12.2. The molecule has 3 atom stereocenters. The first kappa shape index (κ1) is 17.7. The second kappa shape index (κ2) is 7.26. The van der Waals surface area contributed by atoms with Gasteiger partial charge in [0, 0.05) is 32.7 Å². The number of nitrogens with zero attached hydrogens (tertiary/aromatic N) is 1. The molecule has 1 radical (unpaired) electrons. The van der Waals surface area contributed by atoms with Crippen LogP contribution in [0.1, 0.15) is 18.5 Å². The van der Waals surface area contributed by atoms with Crippen LogP contribution in [-0.2, 0) is 42.3 Å². The first-order chi connectivity index (χ1) is 10.1. The summed E-state index contributed by atoms with van der Waals surface area (Å²) in [6.45, 7) is 1.86. The minimum Gasteiger partial charge on any atom is -0.466 e. The van der Waals surface area contributed by atoms with E-state index in [0.29, 0.717) is 0 Å². The van der Waals surface area contributed by atoms with Gasteiger partial charge in [-0.3, -0.25) is 9.59 Å². The Labute approximate surface area is 158 Å². The molecule has 1 aromatic rings. The van der Waals surface area contributed by atoms with Gasteiger partial charge in [0.1, 0.15) is 17.5 Å². The molecule has 3 unspecified atom stereocenters. The average Bonchev–Trinajstić information content (AvgIpc) is 2.51. The van der Waals surface area contributed by atoms with Crippen LogP contribution in [0.2, 0.25) is 0 Å². The van der Waals surface area contributed by atoms with Gasteiger partial charge in [-0.1, -0.05) is 37.3 Å². The first-order valence-electron chi connectivity index (χ1n) is 6.72.